The van der Waals surface area contributed by atoms with Gasteiger partial charge in [0.05, 0.1) is 44.1 Å². The van der Waals surface area contributed by atoms with Crippen LogP contribution in [0.5, 0.6) is 11.5 Å². The molecule has 2 aromatic rings. The van der Waals surface area contributed by atoms with E-state index < -0.39 is 4.92 Å². The summed E-state index contributed by atoms with van der Waals surface area (Å²) in [5, 5.41) is 20.4. The maximum atomic E-state index is 12.5. The number of rotatable bonds is 12. The summed E-state index contributed by atoms with van der Waals surface area (Å²) in [6.07, 6.45) is 1.15. The molecule has 1 heterocycles. The van der Waals surface area contributed by atoms with E-state index in [4.69, 9.17) is 14.2 Å². The van der Waals surface area contributed by atoms with Crippen molar-refractivity contribution in [1.29, 1.82) is 0 Å². The average molecular weight is 448 g/mol. The molecule has 0 atom stereocenters. The molecule has 1 amide bonds. The lowest BCUT2D eigenvalue weighted by Crippen LogP contribution is -2.30. The number of aromatic nitrogens is 1. The highest BCUT2D eigenvalue weighted by Gasteiger charge is 2.15. The molecule has 0 bridgehead atoms. The topological polar surface area (TPSA) is 129 Å². The number of nitrogens with zero attached hydrogens (tertiary/aromatic N) is 4. The molecule has 0 spiro atoms. The monoisotopic (exact) mass is 448 g/mol. The Balaban J connectivity index is 1.83. The van der Waals surface area contributed by atoms with Crippen LogP contribution in [0.2, 0.25) is 0 Å². The van der Waals surface area contributed by atoms with Gasteiger partial charge in [-0.3, -0.25) is 19.9 Å². The normalized spacial score (nSPS) is 11.3. The molecule has 2 rings (SSSR count). The summed E-state index contributed by atoms with van der Waals surface area (Å²) >= 11 is 0. The molecular formula is C21H28N4O7. The second-order valence-corrected chi connectivity index (χ2v) is 6.53. The van der Waals surface area contributed by atoms with Gasteiger partial charge in [-0.15, -0.1) is 0 Å². The van der Waals surface area contributed by atoms with E-state index in [1.165, 1.54) is 19.2 Å². The van der Waals surface area contributed by atoms with Gasteiger partial charge in [0.15, 0.2) is 17.0 Å². The third-order valence-corrected chi connectivity index (χ3v) is 4.56. The molecule has 32 heavy (non-hydrogen) atoms. The van der Waals surface area contributed by atoms with Crippen LogP contribution in [0.3, 0.4) is 0 Å². The second-order valence-electron chi connectivity index (χ2n) is 6.53. The van der Waals surface area contributed by atoms with Gasteiger partial charge in [0, 0.05) is 24.7 Å². The maximum absolute atomic E-state index is 12.5. The van der Waals surface area contributed by atoms with Gasteiger partial charge >= 0.3 is 0 Å². The van der Waals surface area contributed by atoms with Gasteiger partial charge in [0.2, 0.25) is 0 Å². The Bertz CT molecular complexity index is 986. The largest absolute Gasteiger partial charge is 0.493 e. The first-order valence-corrected chi connectivity index (χ1v) is 10.2. The number of carbonyl (C=O) groups excluding carboxylic acids is 1. The van der Waals surface area contributed by atoms with E-state index in [0.717, 1.165) is 6.20 Å². The van der Waals surface area contributed by atoms with E-state index >= 15 is 0 Å². The van der Waals surface area contributed by atoms with Crippen molar-refractivity contribution in [1.82, 2.24) is 9.63 Å². The van der Waals surface area contributed by atoms with Gasteiger partial charge < -0.3 is 24.3 Å². The predicted octanol–water partition coefficient (Wildman–Crippen LogP) is 2.12. The van der Waals surface area contributed by atoms with Gasteiger partial charge in [-0.25, -0.2) is 0 Å². The zero-order chi connectivity index (χ0) is 23.5. The van der Waals surface area contributed by atoms with Gasteiger partial charge in [-0.1, -0.05) is 0 Å². The molecule has 1 aromatic carbocycles. The Morgan fingerprint density at radius 3 is 2.56 bits per heavy atom. The SMILES string of the molecule is CCN(CC)C(=O)c1ccc(OCCOCCN=c2cc([N+](=O)[O-])ccn2O)c(OC)c1. The van der Waals surface area contributed by atoms with Crippen molar-refractivity contribution in [2.24, 2.45) is 4.99 Å². The van der Waals surface area contributed by atoms with E-state index in [0.29, 0.717) is 34.9 Å². The first-order chi connectivity index (χ1) is 15.4. The molecule has 11 heteroatoms. The van der Waals surface area contributed by atoms with E-state index in [9.17, 15) is 20.1 Å². The first-order valence-electron chi connectivity index (χ1n) is 10.2. The summed E-state index contributed by atoms with van der Waals surface area (Å²) in [5.41, 5.74) is 0.420. The number of pyridine rings is 1. The molecule has 1 aromatic heterocycles. The Labute approximate surface area is 185 Å². The fourth-order valence-corrected chi connectivity index (χ4v) is 2.85. The molecule has 0 radical (unpaired) electrons. The molecule has 0 unspecified atom stereocenters. The molecular weight excluding hydrogens is 420 g/mol. The summed E-state index contributed by atoms with van der Waals surface area (Å²) in [5.74, 6) is 0.880. The molecule has 11 nitrogen and oxygen atoms in total. The highest BCUT2D eigenvalue weighted by Crippen LogP contribution is 2.28. The van der Waals surface area contributed by atoms with E-state index in [2.05, 4.69) is 4.99 Å². The highest BCUT2D eigenvalue weighted by atomic mass is 16.6. The van der Waals surface area contributed by atoms with Gasteiger partial charge in [-0.05, 0) is 32.0 Å². The fourth-order valence-electron chi connectivity index (χ4n) is 2.85. The number of nitro groups is 1. The lowest BCUT2D eigenvalue weighted by atomic mass is 10.1. The zero-order valence-corrected chi connectivity index (χ0v) is 18.4. The molecule has 174 valence electrons. The number of methoxy groups -OCH3 is 1. The summed E-state index contributed by atoms with van der Waals surface area (Å²) in [4.78, 5) is 28.5. The Morgan fingerprint density at radius 1 is 1.16 bits per heavy atom. The summed E-state index contributed by atoms with van der Waals surface area (Å²) in [6, 6.07) is 7.38. The number of hydrogen-bond donors (Lipinski definition) is 1. The van der Waals surface area contributed by atoms with Crippen LogP contribution in [0.1, 0.15) is 24.2 Å². The standard InChI is InChI=1S/C21H28N4O7/c1-4-23(5-2)21(26)16-6-7-18(19(14-16)30-3)32-13-12-31-11-9-22-20-15-17(25(28)29)8-10-24(20)27/h6-8,10,14-15,27H,4-5,9,11-13H2,1-3H3. The third-order valence-electron chi connectivity index (χ3n) is 4.56. The molecule has 0 saturated carbocycles. The predicted molar refractivity (Wildman–Crippen MR) is 115 cm³/mol. The van der Waals surface area contributed by atoms with Gasteiger partial charge in [-0.2, -0.15) is 4.73 Å². The van der Waals surface area contributed by atoms with Crippen molar-refractivity contribution in [2.75, 3.05) is 46.6 Å². The van der Waals surface area contributed by atoms with Gasteiger partial charge in [0.25, 0.3) is 11.6 Å². The van der Waals surface area contributed by atoms with E-state index in [1.807, 2.05) is 13.8 Å². The van der Waals surface area contributed by atoms with E-state index in [1.54, 1.807) is 23.1 Å². The number of ether oxygens (including phenoxy) is 3. The number of carbonyl (C=O) groups is 1. The minimum absolute atomic E-state index is 0.0585. The van der Waals surface area contributed by atoms with Crippen LogP contribution in [-0.4, -0.2) is 72.2 Å². The van der Waals surface area contributed by atoms with Crippen LogP contribution < -0.4 is 15.0 Å². The van der Waals surface area contributed by atoms with E-state index in [-0.39, 0.29) is 43.4 Å². The maximum Gasteiger partial charge on any atom is 0.274 e. The number of hydrogen-bond acceptors (Lipinski definition) is 8. The second kappa shape index (κ2) is 12.3. The third kappa shape index (κ3) is 6.71. The highest BCUT2D eigenvalue weighted by molar-refractivity contribution is 5.94. The minimum atomic E-state index is -0.562. The molecule has 1 N–H and O–H groups in total. The molecule has 0 saturated heterocycles. The fraction of sp³-hybridized carbons (Fsp3) is 0.429. The van der Waals surface area contributed by atoms with Gasteiger partial charge in [0.1, 0.15) is 6.61 Å². The van der Waals surface area contributed by atoms with Crippen LogP contribution in [0.4, 0.5) is 5.69 Å². The number of benzene rings is 1. The van der Waals surface area contributed by atoms with Crippen molar-refractivity contribution in [3.8, 4) is 11.5 Å². The quantitative estimate of drug-likeness (QED) is 0.228. The Hall–Kier alpha value is -3.60. The first kappa shape index (κ1) is 24.7. The lowest BCUT2D eigenvalue weighted by Gasteiger charge is -2.19. The summed E-state index contributed by atoms with van der Waals surface area (Å²) < 4.78 is 17.2. The van der Waals surface area contributed by atoms with Crippen LogP contribution in [0.25, 0.3) is 0 Å². The van der Waals surface area contributed by atoms with Crippen LogP contribution in [0, 0.1) is 10.1 Å². The lowest BCUT2D eigenvalue weighted by molar-refractivity contribution is -0.385. The van der Waals surface area contributed by atoms with Crippen LogP contribution in [0.15, 0.2) is 41.5 Å². The summed E-state index contributed by atoms with van der Waals surface area (Å²) in [7, 11) is 1.51. The van der Waals surface area contributed by atoms with Crippen molar-refractivity contribution in [3.63, 3.8) is 0 Å². The molecule has 0 aliphatic carbocycles. The zero-order valence-electron chi connectivity index (χ0n) is 18.4. The molecule has 0 aliphatic rings. The van der Waals surface area contributed by atoms with Crippen molar-refractivity contribution >= 4 is 11.6 Å². The summed E-state index contributed by atoms with van der Waals surface area (Å²) in [6.45, 7) is 6.05. The van der Waals surface area contributed by atoms with Crippen LogP contribution in [-0.2, 0) is 4.74 Å². The smallest absolute Gasteiger partial charge is 0.274 e. The average Bonchev–Trinajstić information content (AvgIpc) is 2.80. The number of amides is 1. The molecule has 0 fully saturated rings. The van der Waals surface area contributed by atoms with Crippen molar-refractivity contribution in [2.45, 2.75) is 13.8 Å². The minimum Gasteiger partial charge on any atom is -0.493 e. The molecule has 0 aliphatic heterocycles. The Kier molecular flexibility index (Phi) is 9.48. The Morgan fingerprint density at radius 2 is 1.91 bits per heavy atom. The van der Waals surface area contributed by atoms with Crippen molar-refractivity contribution < 1.29 is 29.1 Å². The van der Waals surface area contributed by atoms with Crippen LogP contribution >= 0.6 is 0 Å². The van der Waals surface area contributed by atoms with Crippen molar-refractivity contribution in [3.05, 3.63) is 57.7 Å².